The van der Waals surface area contributed by atoms with Crippen LogP contribution in [0.2, 0.25) is 19.6 Å². The van der Waals surface area contributed by atoms with E-state index >= 15 is 0 Å². The highest BCUT2D eigenvalue weighted by atomic mass is 28.3. The topological polar surface area (TPSA) is 18.5 Å². The predicted octanol–water partition coefficient (Wildman–Crippen LogP) is 2.19. The molecule has 0 spiro atoms. The van der Waals surface area contributed by atoms with Crippen molar-refractivity contribution in [3.05, 3.63) is 30.3 Å². The first-order valence-electron chi connectivity index (χ1n) is 7.01. The molecule has 2 unspecified atom stereocenters. The van der Waals surface area contributed by atoms with Gasteiger partial charge in [0.1, 0.15) is 14.2 Å². The van der Waals surface area contributed by atoms with Gasteiger partial charge in [0.15, 0.2) is 0 Å². The third kappa shape index (κ3) is 3.12. The van der Waals surface area contributed by atoms with Crippen LogP contribution in [0, 0.1) is 0 Å². The third-order valence-electron chi connectivity index (χ3n) is 3.79. The Hall–Kier alpha value is -0.426. The number of benzene rings is 1. The fraction of sp³-hybridized carbons (Fsp3) is 0.571. The summed E-state index contributed by atoms with van der Waals surface area (Å²) in [6.45, 7) is 7.84. The average molecular weight is 281 g/mol. The van der Waals surface area contributed by atoms with Crippen LogP contribution < -0.4 is 5.19 Å². The fourth-order valence-electron chi connectivity index (χ4n) is 2.57. The van der Waals surface area contributed by atoms with E-state index in [0.717, 1.165) is 13.0 Å². The maximum atomic E-state index is 6.50. The number of hydrogen-bond acceptors (Lipinski definition) is 2. The number of hydrogen-bond donors (Lipinski definition) is 0. The molecule has 4 heteroatoms. The molecule has 0 radical (unpaired) electrons. The summed E-state index contributed by atoms with van der Waals surface area (Å²) in [5.74, 6) is 0. The van der Waals surface area contributed by atoms with Crippen LogP contribution in [0.1, 0.15) is 19.3 Å². The molecule has 0 amide bonds. The zero-order valence-electron chi connectivity index (χ0n) is 11.7. The van der Waals surface area contributed by atoms with Crippen molar-refractivity contribution in [1.82, 2.24) is 0 Å². The van der Waals surface area contributed by atoms with Gasteiger partial charge in [-0.15, -0.1) is 0 Å². The van der Waals surface area contributed by atoms with Crippen molar-refractivity contribution in [2.75, 3.05) is 6.61 Å². The van der Waals surface area contributed by atoms with Gasteiger partial charge in [0, 0.05) is 6.61 Å². The predicted molar refractivity (Wildman–Crippen MR) is 81.6 cm³/mol. The van der Waals surface area contributed by atoms with Crippen molar-refractivity contribution in [1.29, 1.82) is 0 Å². The summed E-state index contributed by atoms with van der Waals surface area (Å²) in [6, 6.07) is 10.6. The minimum absolute atomic E-state index is 0.195. The zero-order valence-corrected chi connectivity index (χ0v) is 14.0. The first-order valence-corrected chi connectivity index (χ1v) is 12.1. The van der Waals surface area contributed by atoms with Gasteiger partial charge >= 0.3 is 0 Å². The van der Waals surface area contributed by atoms with E-state index in [9.17, 15) is 0 Å². The Morgan fingerprint density at radius 3 is 2.39 bits per heavy atom. The van der Waals surface area contributed by atoms with Crippen molar-refractivity contribution in [3.8, 4) is 0 Å². The lowest BCUT2D eigenvalue weighted by molar-refractivity contribution is -0.150. The van der Waals surface area contributed by atoms with Gasteiger partial charge in [0.25, 0.3) is 0 Å². The van der Waals surface area contributed by atoms with Crippen molar-refractivity contribution in [3.63, 3.8) is 0 Å². The Balaban J connectivity index is 2.09. The number of ether oxygens (including phenoxy) is 1. The fourth-order valence-corrected chi connectivity index (χ4v) is 7.18. The molecule has 18 heavy (non-hydrogen) atoms. The molecule has 1 fully saturated rings. The van der Waals surface area contributed by atoms with Gasteiger partial charge in [-0.25, -0.2) is 0 Å². The number of rotatable bonds is 4. The highest BCUT2D eigenvalue weighted by Gasteiger charge is 2.39. The first-order chi connectivity index (χ1) is 8.64. The molecule has 1 heterocycles. The van der Waals surface area contributed by atoms with Crippen LogP contribution in [0.4, 0.5) is 0 Å². The highest BCUT2D eigenvalue weighted by Crippen LogP contribution is 2.29. The SMILES string of the molecule is C[SiH](OC1([SiH](C)C)CCCCO1)c1ccccc1. The third-order valence-corrected chi connectivity index (χ3v) is 8.49. The summed E-state index contributed by atoms with van der Waals surface area (Å²) in [4.78, 5) is 0. The maximum Gasteiger partial charge on any atom is 0.208 e. The second-order valence-corrected chi connectivity index (χ2v) is 10.8. The molecule has 2 nitrogen and oxygen atoms in total. The van der Waals surface area contributed by atoms with E-state index in [0.29, 0.717) is 0 Å². The Kier molecular flexibility index (Phi) is 4.78. The van der Waals surface area contributed by atoms with E-state index in [1.807, 2.05) is 0 Å². The summed E-state index contributed by atoms with van der Waals surface area (Å²) in [5.41, 5.74) is -0.195. The molecule has 0 N–H and O–H groups in total. The summed E-state index contributed by atoms with van der Waals surface area (Å²) in [7, 11) is -2.32. The van der Waals surface area contributed by atoms with Gasteiger partial charge in [-0.1, -0.05) is 43.4 Å². The average Bonchev–Trinajstić information content (AvgIpc) is 2.40. The van der Waals surface area contributed by atoms with Gasteiger partial charge in [-0.2, -0.15) is 0 Å². The molecule has 1 aliphatic rings. The quantitative estimate of drug-likeness (QED) is 0.787. The second-order valence-electron chi connectivity index (χ2n) is 5.44. The molecular weight excluding hydrogens is 256 g/mol. The summed E-state index contributed by atoms with van der Waals surface area (Å²) in [5, 5.41) is 1.38. The van der Waals surface area contributed by atoms with Crippen molar-refractivity contribution < 1.29 is 9.16 Å². The van der Waals surface area contributed by atoms with Crippen LogP contribution in [0.25, 0.3) is 0 Å². The lowest BCUT2D eigenvalue weighted by atomic mass is 10.2. The van der Waals surface area contributed by atoms with Crippen LogP contribution in [0.5, 0.6) is 0 Å². The molecule has 0 bridgehead atoms. The molecule has 2 rings (SSSR count). The Bertz CT molecular complexity index is 361. The van der Waals surface area contributed by atoms with Crippen molar-refractivity contribution >= 4 is 23.0 Å². The monoisotopic (exact) mass is 280 g/mol. The molecule has 2 atom stereocenters. The van der Waals surface area contributed by atoms with E-state index in [1.165, 1.54) is 18.0 Å². The van der Waals surface area contributed by atoms with E-state index < -0.39 is 17.8 Å². The lowest BCUT2D eigenvalue weighted by Crippen LogP contribution is -2.54. The molecule has 1 aliphatic heterocycles. The molecule has 1 aromatic carbocycles. The molecule has 1 saturated heterocycles. The first kappa shape index (κ1) is 14.0. The summed E-state index contributed by atoms with van der Waals surface area (Å²) < 4.78 is 12.6. The molecule has 0 aromatic heterocycles. The minimum Gasteiger partial charge on any atom is -0.392 e. The van der Waals surface area contributed by atoms with E-state index in [-0.39, 0.29) is 5.41 Å². The smallest absolute Gasteiger partial charge is 0.208 e. The second kappa shape index (κ2) is 6.15. The van der Waals surface area contributed by atoms with Crippen LogP contribution in [0.3, 0.4) is 0 Å². The van der Waals surface area contributed by atoms with Gasteiger partial charge < -0.3 is 9.16 Å². The minimum atomic E-state index is -1.35. The van der Waals surface area contributed by atoms with Gasteiger partial charge in [-0.05, 0) is 31.0 Å². The van der Waals surface area contributed by atoms with Gasteiger partial charge in [0.05, 0.1) is 0 Å². The maximum absolute atomic E-state index is 6.50. The summed E-state index contributed by atoms with van der Waals surface area (Å²) in [6.07, 6.45) is 3.54. The normalized spacial score (nSPS) is 26.2. The molecule has 1 aromatic rings. The molecule has 100 valence electrons. The standard InChI is InChI=1S/C14H24O2Si2/c1-17(2)14(11-7-8-12-15-14)16-18(3)13-9-5-4-6-10-13/h4-6,9-10,17-18H,7-8,11-12H2,1-3H3. The molecule has 0 saturated carbocycles. The summed E-state index contributed by atoms with van der Waals surface area (Å²) >= 11 is 0. The van der Waals surface area contributed by atoms with Gasteiger partial charge in [-0.3, -0.25) is 0 Å². The van der Waals surface area contributed by atoms with E-state index in [2.05, 4.69) is 50.0 Å². The molecular formula is C14H24O2Si2. The Morgan fingerprint density at radius 1 is 1.11 bits per heavy atom. The van der Waals surface area contributed by atoms with E-state index in [1.54, 1.807) is 0 Å². The molecule has 0 aliphatic carbocycles. The Labute approximate surface area is 114 Å². The largest absolute Gasteiger partial charge is 0.392 e. The lowest BCUT2D eigenvalue weighted by Gasteiger charge is -2.42. The van der Waals surface area contributed by atoms with Gasteiger partial charge in [0.2, 0.25) is 9.04 Å². The van der Waals surface area contributed by atoms with Crippen LogP contribution in [-0.4, -0.2) is 29.9 Å². The highest BCUT2D eigenvalue weighted by molar-refractivity contribution is 6.68. The van der Waals surface area contributed by atoms with Crippen molar-refractivity contribution in [2.24, 2.45) is 0 Å². The van der Waals surface area contributed by atoms with Crippen LogP contribution in [-0.2, 0) is 9.16 Å². The van der Waals surface area contributed by atoms with Crippen LogP contribution in [0.15, 0.2) is 30.3 Å². The van der Waals surface area contributed by atoms with E-state index in [4.69, 9.17) is 9.16 Å². The van der Waals surface area contributed by atoms with Crippen LogP contribution >= 0.6 is 0 Å². The Morgan fingerprint density at radius 2 is 1.83 bits per heavy atom. The zero-order chi connectivity index (χ0) is 13.0. The van der Waals surface area contributed by atoms with Crippen molar-refractivity contribution in [2.45, 2.75) is 44.3 Å².